The molecule has 1 aliphatic carbocycles. The van der Waals surface area contributed by atoms with Crippen LogP contribution in [0.2, 0.25) is 0 Å². The fraction of sp³-hybridized carbons (Fsp3) is 0.385. The van der Waals surface area contributed by atoms with Gasteiger partial charge >= 0.3 is 6.03 Å². The smallest absolute Gasteiger partial charge is 0.319 e. The lowest BCUT2D eigenvalue weighted by Crippen LogP contribution is -2.40. The second kappa shape index (κ2) is 9.07. The van der Waals surface area contributed by atoms with Gasteiger partial charge in [0, 0.05) is 17.9 Å². The van der Waals surface area contributed by atoms with Gasteiger partial charge in [-0.2, -0.15) is 0 Å². The molecule has 4 rings (SSSR count). The summed E-state index contributed by atoms with van der Waals surface area (Å²) in [6.45, 7) is 7.85. The van der Waals surface area contributed by atoms with Crippen molar-refractivity contribution in [2.24, 2.45) is 5.92 Å². The highest BCUT2D eigenvalue weighted by Crippen LogP contribution is 2.43. The molecule has 1 aliphatic heterocycles. The Morgan fingerprint density at radius 2 is 1.75 bits per heavy atom. The average Bonchev–Trinajstić information content (AvgIpc) is 3.54. The molecule has 2 aromatic rings. The van der Waals surface area contributed by atoms with E-state index in [9.17, 15) is 4.79 Å². The quantitative estimate of drug-likeness (QED) is 0.486. The molecule has 6 nitrogen and oxygen atoms in total. The Kier molecular flexibility index (Phi) is 6.21. The molecule has 0 aromatic heterocycles. The van der Waals surface area contributed by atoms with E-state index >= 15 is 0 Å². The molecule has 2 aromatic carbocycles. The maximum absolute atomic E-state index is 12.1. The Labute approximate surface area is 190 Å². The predicted molar refractivity (Wildman–Crippen MR) is 129 cm³/mol. The van der Waals surface area contributed by atoms with Gasteiger partial charge in [-0.3, -0.25) is 5.41 Å². The lowest BCUT2D eigenvalue weighted by atomic mass is 9.87. The molecule has 2 aliphatic rings. The highest BCUT2D eigenvalue weighted by atomic mass is 16.2. The third-order valence-electron chi connectivity index (χ3n) is 5.96. The topological polar surface area (TPSA) is 80.2 Å². The van der Waals surface area contributed by atoms with Gasteiger partial charge in [0.1, 0.15) is 0 Å². The lowest BCUT2D eigenvalue weighted by molar-refractivity contribution is 0.251. The number of urea groups is 1. The minimum atomic E-state index is -0.220. The number of hydrogen-bond acceptors (Lipinski definition) is 2. The first kappa shape index (κ1) is 21.9. The average molecular weight is 432 g/mol. The second-order valence-electron chi connectivity index (χ2n) is 9.43. The molecular weight excluding hydrogens is 398 g/mol. The molecule has 0 radical (unpaired) electrons. The number of hydrogen-bond donors (Lipinski definition) is 4. The fourth-order valence-corrected chi connectivity index (χ4v) is 4.62. The number of para-hydroxylation sites is 1. The van der Waals surface area contributed by atoms with Gasteiger partial charge in [0.05, 0.1) is 12.1 Å². The van der Waals surface area contributed by atoms with E-state index in [4.69, 9.17) is 5.41 Å². The van der Waals surface area contributed by atoms with E-state index in [2.05, 4.69) is 53.8 Å². The molecule has 168 valence electrons. The molecule has 0 spiro atoms. The van der Waals surface area contributed by atoms with Crippen LogP contribution in [0.3, 0.4) is 0 Å². The molecule has 4 N–H and O–H groups in total. The van der Waals surface area contributed by atoms with Crippen molar-refractivity contribution in [1.29, 1.82) is 5.41 Å². The van der Waals surface area contributed by atoms with E-state index in [1.165, 1.54) is 11.3 Å². The summed E-state index contributed by atoms with van der Waals surface area (Å²) in [6, 6.07) is 17.5. The van der Waals surface area contributed by atoms with Gasteiger partial charge in [-0.15, -0.1) is 0 Å². The number of nitrogens with one attached hydrogen (secondary N) is 4. The first-order valence-corrected chi connectivity index (χ1v) is 11.4. The van der Waals surface area contributed by atoms with Crippen molar-refractivity contribution in [3.63, 3.8) is 0 Å². The number of carbonyl (C=O) groups is 1. The molecule has 1 saturated heterocycles. The van der Waals surface area contributed by atoms with Crippen molar-refractivity contribution in [2.75, 3.05) is 5.32 Å². The maximum atomic E-state index is 12.1. The van der Waals surface area contributed by atoms with Crippen LogP contribution >= 0.6 is 0 Å². The third kappa shape index (κ3) is 5.13. The zero-order valence-electron chi connectivity index (χ0n) is 19.2. The summed E-state index contributed by atoms with van der Waals surface area (Å²) < 4.78 is 0. The van der Waals surface area contributed by atoms with E-state index in [1.807, 2.05) is 42.5 Å². The molecular formula is C26H33N5O. The Morgan fingerprint density at radius 3 is 2.38 bits per heavy atom. The van der Waals surface area contributed by atoms with E-state index in [-0.39, 0.29) is 11.6 Å². The van der Waals surface area contributed by atoms with Crippen LogP contribution in [-0.2, 0) is 13.1 Å². The molecule has 32 heavy (non-hydrogen) atoms. The van der Waals surface area contributed by atoms with Crippen LogP contribution in [0.15, 0.2) is 65.9 Å². The fourth-order valence-electron chi connectivity index (χ4n) is 4.62. The summed E-state index contributed by atoms with van der Waals surface area (Å²) in [5.41, 5.74) is 5.59. The molecule has 2 amide bonds. The summed E-state index contributed by atoms with van der Waals surface area (Å²) in [6.07, 6.45) is 3.30. The molecule has 0 bridgehead atoms. The van der Waals surface area contributed by atoms with Crippen LogP contribution in [0, 0.1) is 11.3 Å². The maximum Gasteiger partial charge on any atom is 0.319 e. The summed E-state index contributed by atoms with van der Waals surface area (Å²) in [5, 5.41) is 17.8. The summed E-state index contributed by atoms with van der Waals surface area (Å²) in [5.74, 6) is 1.05. The van der Waals surface area contributed by atoms with Crippen molar-refractivity contribution in [2.45, 2.75) is 58.7 Å². The summed E-state index contributed by atoms with van der Waals surface area (Å²) in [4.78, 5) is 14.2. The Hall–Kier alpha value is -3.28. The highest BCUT2D eigenvalue weighted by Gasteiger charge is 2.45. The van der Waals surface area contributed by atoms with Crippen molar-refractivity contribution in [3.8, 4) is 0 Å². The number of allylic oxidation sites excluding steroid dienone is 1. The number of rotatable bonds is 7. The summed E-state index contributed by atoms with van der Waals surface area (Å²) in [7, 11) is 0. The normalized spacial score (nSPS) is 19.9. The molecule has 6 heteroatoms. The zero-order valence-corrected chi connectivity index (χ0v) is 19.2. The van der Waals surface area contributed by atoms with Crippen molar-refractivity contribution < 1.29 is 4.79 Å². The molecule has 1 atom stereocenters. The van der Waals surface area contributed by atoms with Gasteiger partial charge in [-0.05, 0) is 60.9 Å². The van der Waals surface area contributed by atoms with Gasteiger partial charge in [0.2, 0.25) is 0 Å². The van der Waals surface area contributed by atoms with Crippen LogP contribution in [0.1, 0.15) is 51.2 Å². The molecule has 1 unspecified atom stereocenters. The predicted octanol–water partition coefficient (Wildman–Crippen LogP) is 5.20. The summed E-state index contributed by atoms with van der Waals surface area (Å²) >= 11 is 0. The van der Waals surface area contributed by atoms with Crippen LogP contribution in [0.25, 0.3) is 0 Å². The van der Waals surface area contributed by atoms with E-state index in [0.717, 1.165) is 36.1 Å². The number of carbonyl (C=O) groups excluding carboxylic acids is 1. The number of anilines is 1. The standard InChI is InChI=1S/C26H33N5O/c1-18(2)15-26(3)23(21-13-14-21)31(24(27)30-26)17-20-11-9-19(10-12-20)16-28-25(32)29-22-7-5-4-6-8-22/h4-12,18H,13-17H2,1-3H3,(H2,27,30)(H2,28,29,32). The number of nitrogens with zero attached hydrogens (tertiary/aromatic N) is 1. The minimum absolute atomic E-state index is 0.160. The SMILES string of the molecule is CC(C)CC1(C)NC(=N)N(Cc2ccc(CNC(=O)Nc3ccccc3)cc2)C1=C1CC1. The monoisotopic (exact) mass is 431 g/mol. The van der Waals surface area contributed by atoms with E-state index in [0.29, 0.717) is 25.0 Å². The van der Waals surface area contributed by atoms with Gasteiger partial charge in [0.15, 0.2) is 5.96 Å². The van der Waals surface area contributed by atoms with Gasteiger partial charge in [-0.1, -0.05) is 56.3 Å². The number of guanidine groups is 1. The lowest BCUT2D eigenvalue weighted by Gasteiger charge is -2.29. The van der Waals surface area contributed by atoms with E-state index in [1.54, 1.807) is 0 Å². The van der Waals surface area contributed by atoms with Crippen LogP contribution in [0.4, 0.5) is 10.5 Å². The van der Waals surface area contributed by atoms with Gasteiger partial charge < -0.3 is 20.9 Å². The first-order valence-electron chi connectivity index (χ1n) is 11.4. The van der Waals surface area contributed by atoms with Crippen molar-refractivity contribution in [1.82, 2.24) is 15.5 Å². The molecule has 2 fully saturated rings. The first-order chi connectivity index (χ1) is 15.3. The second-order valence-corrected chi connectivity index (χ2v) is 9.43. The van der Waals surface area contributed by atoms with Gasteiger partial charge in [0.25, 0.3) is 0 Å². The highest BCUT2D eigenvalue weighted by molar-refractivity contribution is 5.89. The van der Waals surface area contributed by atoms with Crippen molar-refractivity contribution >= 4 is 17.7 Å². The van der Waals surface area contributed by atoms with Crippen LogP contribution in [-0.4, -0.2) is 22.4 Å². The molecule has 1 heterocycles. The Bertz CT molecular complexity index is 1010. The zero-order chi connectivity index (χ0) is 22.7. The van der Waals surface area contributed by atoms with E-state index < -0.39 is 0 Å². The van der Waals surface area contributed by atoms with Crippen molar-refractivity contribution in [3.05, 3.63) is 77.0 Å². The third-order valence-corrected chi connectivity index (χ3v) is 5.96. The number of amides is 2. The number of benzene rings is 2. The molecule has 1 saturated carbocycles. The largest absolute Gasteiger partial charge is 0.345 e. The van der Waals surface area contributed by atoms with Gasteiger partial charge in [-0.25, -0.2) is 4.79 Å². The Morgan fingerprint density at radius 1 is 1.09 bits per heavy atom. The van der Waals surface area contributed by atoms with Crippen LogP contribution < -0.4 is 16.0 Å². The van der Waals surface area contributed by atoms with Crippen LogP contribution in [0.5, 0.6) is 0 Å². The Balaban J connectivity index is 1.37. The minimum Gasteiger partial charge on any atom is -0.345 e.